The summed E-state index contributed by atoms with van der Waals surface area (Å²) in [7, 11) is 0. The minimum atomic E-state index is -0.498. The van der Waals surface area contributed by atoms with Crippen LogP contribution in [0.1, 0.15) is 13.3 Å². The van der Waals surface area contributed by atoms with E-state index in [4.69, 9.17) is 4.74 Å². The molecule has 140 valence electrons. The Kier molecular flexibility index (Phi) is 8.66. The van der Waals surface area contributed by atoms with Crippen molar-refractivity contribution in [1.82, 2.24) is 20.6 Å². The smallest absolute Gasteiger partial charge is 0.321 e. The van der Waals surface area contributed by atoms with E-state index in [-0.39, 0.29) is 11.7 Å². The largest absolute Gasteiger partial charge is 0.382 e. The lowest BCUT2D eigenvalue weighted by Gasteiger charge is -2.06. The van der Waals surface area contributed by atoms with Gasteiger partial charge in [0, 0.05) is 24.2 Å². The van der Waals surface area contributed by atoms with Gasteiger partial charge in [-0.3, -0.25) is 10.1 Å². The highest BCUT2D eigenvalue weighted by Gasteiger charge is 2.10. The Balaban J connectivity index is 1.70. The molecule has 0 saturated carbocycles. The van der Waals surface area contributed by atoms with Crippen molar-refractivity contribution in [2.75, 3.05) is 25.5 Å². The molecule has 0 radical (unpaired) electrons. The molecule has 0 saturated heterocycles. The van der Waals surface area contributed by atoms with Crippen molar-refractivity contribution >= 4 is 39.6 Å². The highest BCUT2D eigenvalue weighted by molar-refractivity contribution is 9.10. The first kappa shape index (κ1) is 20.5. The number of imide groups is 1. The van der Waals surface area contributed by atoms with Crippen molar-refractivity contribution in [3.05, 3.63) is 34.9 Å². The van der Waals surface area contributed by atoms with Crippen LogP contribution in [0.2, 0.25) is 0 Å². The summed E-state index contributed by atoms with van der Waals surface area (Å²) in [6, 6.07) is 7.33. The molecule has 0 aliphatic heterocycles. The van der Waals surface area contributed by atoms with Crippen LogP contribution in [0.5, 0.6) is 0 Å². The minimum absolute atomic E-state index is 0.0969. The maximum atomic E-state index is 11.8. The number of nitrogens with one attached hydrogen (secondary N) is 3. The summed E-state index contributed by atoms with van der Waals surface area (Å²) in [5.41, 5.74) is 1.87. The topological polar surface area (TPSA) is 96.1 Å². The monoisotopic (exact) mass is 440 g/mol. The average molecular weight is 441 g/mol. The number of carbonyl (C=O) groups is 2. The first-order valence-corrected chi connectivity index (χ1v) is 9.95. The Hall–Kier alpha value is -1.84. The quantitative estimate of drug-likeness (QED) is 0.410. The molecule has 1 aromatic heterocycles. The lowest BCUT2D eigenvalue weighted by molar-refractivity contribution is -0.117. The summed E-state index contributed by atoms with van der Waals surface area (Å²) in [6.45, 7) is 3.61. The van der Waals surface area contributed by atoms with E-state index in [1.807, 2.05) is 31.2 Å². The zero-order chi connectivity index (χ0) is 18.8. The Labute approximate surface area is 164 Å². The van der Waals surface area contributed by atoms with E-state index >= 15 is 0 Å². The van der Waals surface area contributed by atoms with Gasteiger partial charge in [0.05, 0.1) is 17.6 Å². The van der Waals surface area contributed by atoms with Gasteiger partial charge < -0.3 is 15.0 Å². The number of ether oxygens (including phenoxy) is 1. The van der Waals surface area contributed by atoms with Crippen LogP contribution in [0.4, 0.5) is 4.79 Å². The minimum Gasteiger partial charge on any atom is -0.382 e. The third-order valence-corrected chi connectivity index (χ3v) is 4.67. The van der Waals surface area contributed by atoms with Crippen molar-refractivity contribution in [3.63, 3.8) is 0 Å². The Morgan fingerprint density at radius 1 is 1.31 bits per heavy atom. The van der Waals surface area contributed by atoms with Crippen LogP contribution in [-0.4, -0.2) is 47.4 Å². The molecular formula is C17H21BrN4O3S. The fourth-order valence-corrected chi connectivity index (χ4v) is 2.93. The van der Waals surface area contributed by atoms with Gasteiger partial charge in [-0.1, -0.05) is 39.8 Å². The summed E-state index contributed by atoms with van der Waals surface area (Å²) in [5, 5.41) is 5.52. The number of aromatic amines is 1. The maximum absolute atomic E-state index is 11.8. The highest BCUT2D eigenvalue weighted by atomic mass is 79.9. The fourth-order valence-electron chi connectivity index (χ4n) is 2.01. The summed E-state index contributed by atoms with van der Waals surface area (Å²) < 4.78 is 6.17. The Bertz CT molecular complexity index is 721. The van der Waals surface area contributed by atoms with Crippen molar-refractivity contribution < 1.29 is 14.3 Å². The van der Waals surface area contributed by atoms with Gasteiger partial charge in [0.1, 0.15) is 0 Å². The van der Waals surface area contributed by atoms with E-state index in [1.165, 1.54) is 11.8 Å². The molecule has 0 aliphatic rings. The number of benzene rings is 1. The standard InChI is InChI=1S/C17H21BrN4O3S/c1-2-25-9-3-8-19-16(24)22-15(23)11-26-17-20-10-14(21-17)12-4-6-13(18)7-5-12/h4-7,10H,2-3,8-9,11H2,1H3,(H,20,21)(H2,19,22,23,24). The number of urea groups is 1. The molecule has 0 spiro atoms. The van der Waals surface area contributed by atoms with Gasteiger partial charge in [-0.15, -0.1) is 0 Å². The molecule has 0 fully saturated rings. The molecule has 26 heavy (non-hydrogen) atoms. The molecule has 7 nitrogen and oxygen atoms in total. The normalized spacial score (nSPS) is 10.5. The number of halogens is 1. The third kappa shape index (κ3) is 7.19. The first-order valence-electron chi connectivity index (χ1n) is 8.17. The van der Waals surface area contributed by atoms with E-state index in [2.05, 4.69) is 36.5 Å². The van der Waals surface area contributed by atoms with Crippen LogP contribution in [-0.2, 0) is 9.53 Å². The van der Waals surface area contributed by atoms with Crippen LogP contribution in [0.25, 0.3) is 11.3 Å². The second kappa shape index (κ2) is 11.0. The fraction of sp³-hybridized carbons (Fsp3) is 0.353. The molecule has 2 aromatic rings. The lowest BCUT2D eigenvalue weighted by atomic mass is 10.2. The second-order valence-electron chi connectivity index (χ2n) is 5.25. The number of thioether (sulfide) groups is 1. The van der Waals surface area contributed by atoms with E-state index < -0.39 is 6.03 Å². The molecule has 0 bridgehead atoms. The van der Waals surface area contributed by atoms with Gasteiger partial charge in [0.15, 0.2) is 5.16 Å². The molecule has 0 atom stereocenters. The predicted molar refractivity (Wildman–Crippen MR) is 105 cm³/mol. The molecule has 1 aromatic carbocycles. The molecule has 3 N–H and O–H groups in total. The number of hydrogen-bond donors (Lipinski definition) is 3. The van der Waals surface area contributed by atoms with Gasteiger partial charge >= 0.3 is 6.03 Å². The molecule has 1 heterocycles. The SMILES string of the molecule is CCOCCCNC(=O)NC(=O)CSc1ncc(-c2ccc(Br)cc2)[nH]1. The number of nitrogens with zero attached hydrogens (tertiary/aromatic N) is 1. The highest BCUT2D eigenvalue weighted by Crippen LogP contribution is 2.22. The molecular weight excluding hydrogens is 420 g/mol. The van der Waals surface area contributed by atoms with E-state index in [1.54, 1.807) is 6.20 Å². The lowest BCUT2D eigenvalue weighted by Crippen LogP contribution is -2.40. The molecule has 0 unspecified atom stereocenters. The van der Waals surface area contributed by atoms with Crippen molar-refractivity contribution in [1.29, 1.82) is 0 Å². The Morgan fingerprint density at radius 3 is 2.81 bits per heavy atom. The van der Waals surface area contributed by atoms with Gasteiger partial charge in [0.2, 0.25) is 5.91 Å². The summed E-state index contributed by atoms with van der Waals surface area (Å²) in [5.74, 6) is -0.279. The number of amides is 3. The van der Waals surface area contributed by atoms with Crippen LogP contribution in [0.15, 0.2) is 40.1 Å². The van der Waals surface area contributed by atoms with Gasteiger partial charge in [-0.2, -0.15) is 0 Å². The number of rotatable bonds is 9. The van der Waals surface area contributed by atoms with Crippen molar-refractivity contribution in [2.24, 2.45) is 0 Å². The number of imidazole rings is 1. The summed E-state index contributed by atoms with van der Waals surface area (Å²) in [4.78, 5) is 30.8. The zero-order valence-electron chi connectivity index (χ0n) is 14.4. The molecule has 3 amide bonds. The van der Waals surface area contributed by atoms with Gasteiger partial charge in [-0.25, -0.2) is 9.78 Å². The number of hydrogen-bond acceptors (Lipinski definition) is 5. The van der Waals surface area contributed by atoms with Crippen molar-refractivity contribution in [3.8, 4) is 11.3 Å². The van der Waals surface area contributed by atoms with Crippen LogP contribution in [0, 0.1) is 0 Å². The van der Waals surface area contributed by atoms with Crippen LogP contribution < -0.4 is 10.6 Å². The predicted octanol–water partition coefficient (Wildman–Crippen LogP) is 3.18. The van der Waals surface area contributed by atoms with Gasteiger partial charge in [-0.05, 0) is 31.0 Å². The van der Waals surface area contributed by atoms with Crippen molar-refractivity contribution in [2.45, 2.75) is 18.5 Å². The average Bonchev–Trinajstić information content (AvgIpc) is 3.09. The third-order valence-electron chi connectivity index (χ3n) is 3.26. The zero-order valence-corrected chi connectivity index (χ0v) is 16.8. The Morgan fingerprint density at radius 2 is 2.08 bits per heavy atom. The molecule has 0 aliphatic carbocycles. The van der Waals surface area contributed by atoms with E-state index in [9.17, 15) is 9.59 Å². The van der Waals surface area contributed by atoms with E-state index in [0.717, 1.165) is 15.7 Å². The van der Waals surface area contributed by atoms with Gasteiger partial charge in [0.25, 0.3) is 0 Å². The maximum Gasteiger partial charge on any atom is 0.321 e. The molecule has 9 heteroatoms. The van der Waals surface area contributed by atoms with Crippen LogP contribution >= 0.6 is 27.7 Å². The number of carbonyl (C=O) groups excluding carboxylic acids is 2. The van der Waals surface area contributed by atoms with Crippen LogP contribution in [0.3, 0.4) is 0 Å². The van der Waals surface area contributed by atoms with E-state index in [0.29, 0.717) is 31.3 Å². The number of aromatic nitrogens is 2. The first-order chi connectivity index (χ1) is 12.6. The summed E-state index contributed by atoms with van der Waals surface area (Å²) in [6.07, 6.45) is 2.42. The second-order valence-corrected chi connectivity index (χ2v) is 7.13. The number of H-pyrrole nitrogens is 1. The molecule has 2 rings (SSSR count). The summed E-state index contributed by atoms with van der Waals surface area (Å²) >= 11 is 4.63.